The molecule has 3 heteroatoms. The van der Waals surface area contributed by atoms with Crippen LogP contribution in [0.1, 0.15) is 27.7 Å². The van der Waals surface area contributed by atoms with Crippen molar-refractivity contribution in [1.29, 1.82) is 0 Å². The minimum Gasteiger partial charge on any atom is -0.400 e. The average molecular weight is 367 g/mol. The number of aliphatic hydroxyl groups excluding tert-OH is 2. The van der Waals surface area contributed by atoms with Gasteiger partial charge in [0.15, 0.2) is 0 Å². The molecule has 0 heterocycles. The van der Waals surface area contributed by atoms with Crippen LogP contribution in [-0.4, -0.2) is 24.4 Å². The van der Waals surface area contributed by atoms with Crippen molar-refractivity contribution in [3.63, 3.8) is 0 Å². The zero-order valence-electron chi connectivity index (χ0n) is 14.2. The largest absolute Gasteiger partial charge is 0.400 e. The summed E-state index contributed by atoms with van der Waals surface area (Å²) in [7, 11) is 2.00. The van der Waals surface area contributed by atoms with Crippen molar-refractivity contribution in [2.45, 2.75) is 27.7 Å². The van der Waals surface area contributed by atoms with Crippen molar-refractivity contribution in [1.82, 2.24) is 0 Å². The number of hydrogen-bond acceptors (Lipinski definition) is 2. The summed E-state index contributed by atoms with van der Waals surface area (Å²) in [5.74, 6) is 0. The Labute approximate surface area is 157 Å². The van der Waals surface area contributed by atoms with Gasteiger partial charge in [-0.25, -0.2) is 0 Å². The molecule has 2 rings (SSSR count). The third kappa shape index (κ3) is 45.2. The Balaban J connectivity index is -0.0000000539. The quantitative estimate of drug-likeness (QED) is 0.684. The first-order valence-corrected chi connectivity index (χ1v) is 6.72. The maximum atomic E-state index is 7.00. The molecule has 119 valence electrons. The number of aliphatic hydroxyl groups is 2. The molecular weight excluding hydrogens is 337 g/mol. The second kappa shape index (κ2) is 50.5. The summed E-state index contributed by atoms with van der Waals surface area (Å²) < 4.78 is 0. The fraction of sp³-hybridized carbons (Fsp3) is 0.333. The maximum absolute atomic E-state index is 7.00. The summed E-state index contributed by atoms with van der Waals surface area (Å²) >= 11 is 0. The Hall–Kier alpha value is -0.536. The topological polar surface area (TPSA) is 40.5 Å². The fourth-order valence-electron chi connectivity index (χ4n) is 0.684. The summed E-state index contributed by atoms with van der Waals surface area (Å²) in [5.41, 5.74) is 0. The fourth-order valence-corrected chi connectivity index (χ4v) is 0.684. The molecule has 2 aromatic rings. The van der Waals surface area contributed by atoms with E-state index in [2.05, 4.69) is 12.1 Å². The first kappa shape index (κ1) is 32.4. The third-order valence-electron chi connectivity index (χ3n) is 1.21. The predicted molar refractivity (Wildman–Crippen MR) is 89.5 cm³/mol. The van der Waals surface area contributed by atoms with Crippen LogP contribution in [0.5, 0.6) is 0 Å². The van der Waals surface area contributed by atoms with Crippen molar-refractivity contribution in [3.05, 3.63) is 72.8 Å². The van der Waals surface area contributed by atoms with E-state index in [0.29, 0.717) is 0 Å². The van der Waals surface area contributed by atoms with Crippen LogP contribution in [-0.2, 0) is 32.7 Å². The Morgan fingerprint density at radius 2 is 0.667 bits per heavy atom. The molecule has 2 N–H and O–H groups in total. The van der Waals surface area contributed by atoms with Crippen LogP contribution in [0.25, 0.3) is 0 Å². The predicted octanol–water partition coefficient (Wildman–Crippen LogP) is 4.24. The standard InChI is InChI=1S/2C6H5.2C2H6.2CH4O.Y/c2*1-2-4-6-5-3-1;4*1-2;/h2*1-5H;2*1-2H3;2*2H,1H3;/q2*-1;;;;;. The SMILES string of the molecule is CC.CC.CO.CO.[Y].[c-]1ccccc1.[c-]1ccccc1. The average Bonchev–Trinajstić information content (AvgIpc) is 2.65. The Morgan fingerprint density at radius 1 is 0.476 bits per heavy atom. The van der Waals surface area contributed by atoms with E-state index in [1.165, 1.54) is 0 Å². The first-order valence-electron chi connectivity index (χ1n) is 6.72. The van der Waals surface area contributed by atoms with Crippen molar-refractivity contribution < 1.29 is 42.9 Å². The van der Waals surface area contributed by atoms with Gasteiger partial charge in [-0.1, -0.05) is 27.7 Å². The molecule has 0 atom stereocenters. The second-order valence-corrected chi connectivity index (χ2v) is 2.15. The van der Waals surface area contributed by atoms with Crippen molar-refractivity contribution >= 4 is 0 Å². The van der Waals surface area contributed by atoms with Crippen molar-refractivity contribution in [2.24, 2.45) is 0 Å². The first-order chi connectivity index (χ1) is 10.0. The second-order valence-electron chi connectivity index (χ2n) is 2.15. The molecule has 0 bridgehead atoms. The minimum atomic E-state index is 0. The van der Waals surface area contributed by atoms with Gasteiger partial charge in [0.2, 0.25) is 0 Å². The molecular formula is C18H30O2Y-2. The van der Waals surface area contributed by atoms with Gasteiger partial charge in [-0.3, -0.25) is 0 Å². The number of rotatable bonds is 0. The maximum Gasteiger partial charge on any atom is 0.0319 e. The van der Waals surface area contributed by atoms with Crippen LogP contribution in [0.15, 0.2) is 60.7 Å². The van der Waals surface area contributed by atoms with E-state index in [1.54, 1.807) is 0 Å². The van der Waals surface area contributed by atoms with Crippen LogP contribution in [0, 0.1) is 12.1 Å². The molecule has 1 radical (unpaired) electrons. The molecule has 0 aliphatic carbocycles. The van der Waals surface area contributed by atoms with Gasteiger partial charge in [0.25, 0.3) is 0 Å². The number of benzene rings is 2. The minimum absolute atomic E-state index is 0. The summed E-state index contributed by atoms with van der Waals surface area (Å²) in [5, 5.41) is 14.0. The van der Waals surface area contributed by atoms with Crippen LogP contribution < -0.4 is 0 Å². The van der Waals surface area contributed by atoms with E-state index in [-0.39, 0.29) is 32.7 Å². The van der Waals surface area contributed by atoms with E-state index in [0.717, 1.165) is 14.2 Å². The van der Waals surface area contributed by atoms with Crippen molar-refractivity contribution in [3.8, 4) is 0 Å². The molecule has 0 aliphatic heterocycles. The van der Waals surface area contributed by atoms with Gasteiger partial charge in [-0.15, -0.1) is 0 Å². The van der Waals surface area contributed by atoms with Crippen LogP contribution >= 0.6 is 0 Å². The monoisotopic (exact) mass is 367 g/mol. The molecule has 2 aromatic carbocycles. The summed E-state index contributed by atoms with van der Waals surface area (Å²) in [6.07, 6.45) is 0. The van der Waals surface area contributed by atoms with Gasteiger partial charge in [-0.2, -0.15) is 72.8 Å². The molecule has 2 nitrogen and oxygen atoms in total. The van der Waals surface area contributed by atoms with Gasteiger partial charge in [-0.05, 0) is 0 Å². The Bertz CT molecular complexity index is 191. The van der Waals surface area contributed by atoms with Gasteiger partial charge < -0.3 is 10.2 Å². The molecule has 21 heavy (non-hydrogen) atoms. The molecule has 0 amide bonds. The molecule has 0 unspecified atom stereocenters. The van der Waals surface area contributed by atoms with Crippen LogP contribution in [0.3, 0.4) is 0 Å². The summed E-state index contributed by atoms with van der Waals surface area (Å²) in [6.45, 7) is 8.00. The zero-order valence-corrected chi connectivity index (χ0v) is 17.1. The third-order valence-corrected chi connectivity index (χ3v) is 1.21. The van der Waals surface area contributed by atoms with Crippen molar-refractivity contribution in [2.75, 3.05) is 14.2 Å². The Morgan fingerprint density at radius 3 is 0.714 bits per heavy atom. The molecule has 0 saturated heterocycles. The zero-order chi connectivity index (χ0) is 16.5. The van der Waals surface area contributed by atoms with E-state index in [9.17, 15) is 0 Å². The normalized spacial score (nSPS) is 5.71. The smallest absolute Gasteiger partial charge is 0.0319 e. The van der Waals surface area contributed by atoms with E-state index in [1.807, 2.05) is 88.4 Å². The van der Waals surface area contributed by atoms with E-state index >= 15 is 0 Å². The molecule has 0 fully saturated rings. The Kier molecular flexibility index (Phi) is 77.9. The summed E-state index contributed by atoms with van der Waals surface area (Å²) in [6, 6.07) is 25.0. The molecule has 0 saturated carbocycles. The van der Waals surface area contributed by atoms with Gasteiger partial charge in [0.05, 0.1) is 0 Å². The van der Waals surface area contributed by atoms with Gasteiger partial charge >= 0.3 is 0 Å². The van der Waals surface area contributed by atoms with Crippen LogP contribution in [0.4, 0.5) is 0 Å². The molecule has 0 spiro atoms. The van der Waals surface area contributed by atoms with E-state index < -0.39 is 0 Å². The van der Waals surface area contributed by atoms with Crippen LogP contribution in [0.2, 0.25) is 0 Å². The molecule has 0 aliphatic rings. The number of hydrogen-bond donors (Lipinski definition) is 2. The molecule has 0 aromatic heterocycles. The van der Waals surface area contributed by atoms with E-state index in [4.69, 9.17) is 10.2 Å². The van der Waals surface area contributed by atoms with Gasteiger partial charge in [0, 0.05) is 46.9 Å². The van der Waals surface area contributed by atoms with Gasteiger partial charge in [0.1, 0.15) is 0 Å². The summed E-state index contributed by atoms with van der Waals surface area (Å²) in [4.78, 5) is 0.